The smallest absolute Gasteiger partial charge is 0.267 e. The van der Waals surface area contributed by atoms with Crippen molar-refractivity contribution in [3.8, 4) is 5.75 Å². The number of carbonyl (C=O) groups excluding carboxylic acids is 4. The molecule has 0 aromatic heterocycles. The van der Waals surface area contributed by atoms with Crippen molar-refractivity contribution in [2.45, 2.75) is 39.2 Å². The highest BCUT2D eigenvalue weighted by atomic mass is 16.5. The van der Waals surface area contributed by atoms with Gasteiger partial charge in [-0.25, -0.2) is 0 Å². The molecule has 1 atom stereocenters. The lowest BCUT2D eigenvalue weighted by atomic mass is 10.1. The zero-order chi connectivity index (χ0) is 22.8. The molecule has 166 valence electrons. The minimum absolute atomic E-state index is 0.0794. The molecular weight excluding hydrogens is 410 g/mol. The minimum atomic E-state index is -0.584. The maximum absolute atomic E-state index is 12.4. The number of hydrogen-bond acceptors (Lipinski definition) is 5. The molecule has 0 spiro atoms. The van der Waals surface area contributed by atoms with Crippen molar-refractivity contribution in [1.29, 1.82) is 0 Å². The Morgan fingerprint density at radius 3 is 2.34 bits per heavy atom. The van der Waals surface area contributed by atoms with E-state index < -0.39 is 6.10 Å². The van der Waals surface area contributed by atoms with E-state index in [-0.39, 0.29) is 36.6 Å². The Kier molecular flexibility index (Phi) is 5.94. The topological polar surface area (TPSA) is 96.0 Å². The molecule has 0 saturated carbocycles. The summed E-state index contributed by atoms with van der Waals surface area (Å²) in [6, 6.07) is 11.9. The number of amides is 4. The molecule has 2 aliphatic rings. The van der Waals surface area contributed by atoms with Crippen LogP contribution in [0.1, 0.15) is 53.8 Å². The summed E-state index contributed by atoms with van der Waals surface area (Å²) in [6.07, 6.45) is 0.750. The fourth-order valence-electron chi connectivity index (χ4n) is 4.01. The summed E-state index contributed by atoms with van der Waals surface area (Å²) in [4.78, 5) is 52.5. The Bertz CT molecular complexity index is 1060. The third kappa shape index (κ3) is 3.95. The van der Waals surface area contributed by atoms with Gasteiger partial charge in [0.25, 0.3) is 17.7 Å². The van der Waals surface area contributed by atoms with Gasteiger partial charge in [-0.15, -0.1) is 0 Å². The van der Waals surface area contributed by atoms with E-state index in [1.165, 1.54) is 4.90 Å². The maximum atomic E-state index is 12.4. The maximum Gasteiger partial charge on any atom is 0.267 e. The number of fused-ring (bicyclic) bond motifs is 2. The van der Waals surface area contributed by atoms with Gasteiger partial charge in [0.15, 0.2) is 6.10 Å². The zero-order valence-electron chi connectivity index (χ0n) is 18.1. The zero-order valence-corrected chi connectivity index (χ0v) is 18.1. The summed E-state index contributed by atoms with van der Waals surface area (Å²) >= 11 is 0. The van der Waals surface area contributed by atoms with E-state index in [9.17, 15) is 19.2 Å². The van der Waals surface area contributed by atoms with Crippen molar-refractivity contribution in [1.82, 2.24) is 4.90 Å². The highest BCUT2D eigenvalue weighted by Crippen LogP contribution is 2.36. The number of nitrogens with one attached hydrogen (secondary N) is 1. The molecule has 0 saturated heterocycles. The lowest BCUT2D eigenvalue weighted by Crippen LogP contribution is -2.44. The van der Waals surface area contributed by atoms with Gasteiger partial charge in [-0.05, 0) is 44.0 Å². The summed E-state index contributed by atoms with van der Waals surface area (Å²) in [6.45, 7) is 4.49. The van der Waals surface area contributed by atoms with Gasteiger partial charge in [-0.3, -0.25) is 24.1 Å². The number of hydrogen-bond donors (Lipinski definition) is 1. The molecule has 8 heteroatoms. The monoisotopic (exact) mass is 435 g/mol. The van der Waals surface area contributed by atoms with Crippen LogP contribution in [0.2, 0.25) is 0 Å². The van der Waals surface area contributed by atoms with Crippen LogP contribution in [0.5, 0.6) is 5.75 Å². The number of anilines is 2. The van der Waals surface area contributed by atoms with Crippen LogP contribution in [0.25, 0.3) is 0 Å². The second-order valence-electron chi connectivity index (χ2n) is 7.89. The van der Waals surface area contributed by atoms with Crippen LogP contribution in [0.15, 0.2) is 42.5 Å². The molecule has 4 amide bonds. The molecule has 0 aliphatic carbocycles. The molecule has 2 aromatic rings. The quantitative estimate of drug-likeness (QED) is 0.674. The third-order valence-corrected chi connectivity index (χ3v) is 5.56. The van der Waals surface area contributed by atoms with Crippen molar-refractivity contribution in [3.63, 3.8) is 0 Å². The Balaban J connectivity index is 1.34. The summed E-state index contributed by atoms with van der Waals surface area (Å²) in [7, 11) is 0. The second kappa shape index (κ2) is 8.82. The number of benzene rings is 2. The van der Waals surface area contributed by atoms with Gasteiger partial charge in [0.2, 0.25) is 5.91 Å². The van der Waals surface area contributed by atoms with E-state index in [4.69, 9.17) is 4.74 Å². The first-order chi connectivity index (χ1) is 15.4. The summed E-state index contributed by atoms with van der Waals surface area (Å²) < 4.78 is 5.72. The molecule has 1 N–H and O–H groups in total. The average Bonchev–Trinajstić information content (AvgIpc) is 3.02. The number of nitrogens with zero attached hydrogens (tertiary/aromatic N) is 2. The highest BCUT2D eigenvalue weighted by molar-refractivity contribution is 6.21. The standard InChI is InChI=1S/C24H25N3O5/c1-3-12-26-19-11-10-16(14-20(19)32-15(2)22(26)29)25-21(28)9-6-13-27-23(30)17-7-4-5-8-18(17)24(27)31/h4-5,7-8,10-11,14-15H,3,6,9,12-13H2,1-2H3,(H,25,28). The predicted molar refractivity (Wildman–Crippen MR) is 119 cm³/mol. The number of carbonyl (C=O) groups is 4. The van der Waals surface area contributed by atoms with Crippen molar-refractivity contribution in [2.75, 3.05) is 23.3 Å². The van der Waals surface area contributed by atoms with Crippen molar-refractivity contribution in [2.24, 2.45) is 0 Å². The molecular formula is C24H25N3O5. The first kappa shape index (κ1) is 21.5. The minimum Gasteiger partial charge on any atom is -0.479 e. The van der Waals surface area contributed by atoms with Crippen LogP contribution in [-0.4, -0.2) is 47.7 Å². The summed E-state index contributed by atoms with van der Waals surface area (Å²) in [5.41, 5.74) is 2.06. The van der Waals surface area contributed by atoms with Gasteiger partial charge in [-0.1, -0.05) is 19.1 Å². The van der Waals surface area contributed by atoms with Crippen LogP contribution < -0.4 is 15.0 Å². The van der Waals surface area contributed by atoms with E-state index in [0.717, 1.165) is 6.42 Å². The van der Waals surface area contributed by atoms with Crippen molar-refractivity contribution < 1.29 is 23.9 Å². The van der Waals surface area contributed by atoms with E-state index in [0.29, 0.717) is 41.2 Å². The molecule has 1 unspecified atom stereocenters. The molecule has 32 heavy (non-hydrogen) atoms. The van der Waals surface area contributed by atoms with Crippen LogP contribution >= 0.6 is 0 Å². The number of rotatable bonds is 7. The molecule has 8 nitrogen and oxygen atoms in total. The van der Waals surface area contributed by atoms with Crippen LogP contribution in [0.4, 0.5) is 11.4 Å². The van der Waals surface area contributed by atoms with Crippen LogP contribution in [-0.2, 0) is 9.59 Å². The van der Waals surface area contributed by atoms with Gasteiger partial charge >= 0.3 is 0 Å². The average molecular weight is 435 g/mol. The van der Waals surface area contributed by atoms with E-state index in [1.54, 1.807) is 54.3 Å². The Morgan fingerprint density at radius 1 is 1.00 bits per heavy atom. The van der Waals surface area contributed by atoms with Crippen molar-refractivity contribution >= 4 is 35.0 Å². The number of ether oxygens (including phenoxy) is 1. The molecule has 4 rings (SSSR count). The van der Waals surface area contributed by atoms with Gasteiger partial charge < -0.3 is 15.0 Å². The van der Waals surface area contributed by atoms with E-state index in [1.807, 2.05) is 6.92 Å². The fourth-order valence-corrected chi connectivity index (χ4v) is 4.01. The molecule has 0 bridgehead atoms. The van der Waals surface area contributed by atoms with E-state index in [2.05, 4.69) is 5.32 Å². The third-order valence-electron chi connectivity index (χ3n) is 5.56. The number of imide groups is 1. The Hall–Kier alpha value is -3.68. The van der Waals surface area contributed by atoms with Gasteiger partial charge in [0.1, 0.15) is 5.75 Å². The normalized spacial score (nSPS) is 17.2. The lowest BCUT2D eigenvalue weighted by molar-refractivity contribution is -0.125. The van der Waals surface area contributed by atoms with Gasteiger partial charge in [0, 0.05) is 31.3 Å². The van der Waals surface area contributed by atoms with Gasteiger partial charge in [0.05, 0.1) is 16.8 Å². The SMILES string of the molecule is CCCN1C(=O)C(C)Oc2cc(NC(=O)CCCN3C(=O)c4ccccc4C3=O)ccc21. The first-order valence-corrected chi connectivity index (χ1v) is 10.8. The molecule has 0 radical (unpaired) electrons. The second-order valence-corrected chi connectivity index (χ2v) is 7.89. The molecule has 2 heterocycles. The summed E-state index contributed by atoms with van der Waals surface area (Å²) in [5, 5.41) is 2.82. The lowest BCUT2D eigenvalue weighted by Gasteiger charge is -2.33. The van der Waals surface area contributed by atoms with E-state index >= 15 is 0 Å². The molecule has 2 aromatic carbocycles. The predicted octanol–water partition coefficient (Wildman–Crippen LogP) is 3.23. The largest absolute Gasteiger partial charge is 0.479 e. The molecule has 2 aliphatic heterocycles. The summed E-state index contributed by atoms with van der Waals surface area (Å²) in [5.74, 6) is -0.401. The Morgan fingerprint density at radius 2 is 1.69 bits per heavy atom. The first-order valence-electron chi connectivity index (χ1n) is 10.8. The Labute approximate surface area is 186 Å². The molecule has 0 fully saturated rings. The van der Waals surface area contributed by atoms with Crippen LogP contribution in [0, 0.1) is 0 Å². The van der Waals surface area contributed by atoms with Crippen molar-refractivity contribution in [3.05, 3.63) is 53.6 Å². The van der Waals surface area contributed by atoms with Gasteiger partial charge in [-0.2, -0.15) is 0 Å². The van der Waals surface area contributed by atoms with Crippen LogP contribution in [0.3, 0.4) is 0 Å². The highest BCUT2D eigenvalue weighted by Gasteiger charge is 2.34. The fraction of sp³-hybridized carbons (Fsp3) is 0.333.